The van der Waals surface area contributed by atoms with Crippen LogP contribution in [0.5, 0.6) is 11.5 Å². The molecule has 0 amide bonds. The molecule has 0 spiro atoms. The second-order valence-corrected chi connectivity index (χ2v) is 29.6. The molecule has 9 heterocycles. The predicted molar refractivity (Wildman–Crippen MR) is 377 cm³/mol. The second kappa shape index (κ2) is 32.4. The van der Waals surface area contributed by atoms with Crippen molar-refractivity contribution in [1.82, 2.24) is 44.0 Å². The summed E-state index contributed by atoms with van der Waals surface area (Å²) in [5, 5.41) is 45.7. The first-order valence-electron chi connectivity index (χ1n) is 35.1. The Morgan fingerprint density at radius 2 is 1.11 bits per heavy atom. The monoisotopic (exact) mass is 1450 g/mol. The summed E-state index contributed by atoms with van der Waals surface area (Å²) in [5.41, 5.74) is 13.3. The molecule has 9 atom stereocenters. The number of phosphoric ester groups is 1. The maximum atomic E-state index is 16.1. The number of rotatable bonds is 36. The molecule has 4 aliphatic rings. The zero-order valence-corrected chi connectivity index (χ0v) is 60.4. The molecule has 102 heavy (non-hydrogen) atoms. The van der Waals surface area contributed by atoms with Crippen LogP contribution in [0.4, 0.5) is 11.6 Å². The molecular formula is C73H87Cl2N14O12P. The van der Waals surface area contributed by atoms with E-state index in [0.717, 1.165) is 25.7 Å². The average Bonchev–Trinajstić information content (AvgIpc) is 1.57. The van der Waals surface area contributed by atoms with Gasteiger partial charge in [-0.1, -0.05) is 157 Å². The fraction of sp³-hybridized carbons (Fsp3) is 0.521. The van der Waals surface area contributed by atoms with E-state index in [2.05, 4.69) is 55.4 Å². The predicted octanol–water partition coefficient (Wildman–Crippen LogP) is 14.3. The first-order chi connectivity index (χ1) is 49.3. The lowest BCUT2D eigenvalue weighted by molar-refractivity contribution is -0.200. The highest BCUT2D eigenvalue weighted by Gasteiger charge is 2.66. The molecule has 0 saturated carbocycles. The SMILES string of the molecule is CCCCCCCCCCCCCCCCCCOC[C@H](COP(=O)(Oc1cccc(C[C@]2(C#N)O[C@@H](c3ccc4c(N)ncnn34)C3OC(C)(C)OC32)c1Cl)Oc1cccc(C[C@]2(C#N)O[C@@H](c3ccc4c(N)ncnn34)C3OC(C)(C)OC32)c1Cl)OCc1ccc(C#N)c(-n2cncn2)c1. The van der Waals surface area contributed by atoms with Gasteiger partial charge in [-0.2, -0.15) is 31.1 Å². The van der Waals surface area contributed by atoms with Crippen LogP contribution in [0.15, 0.2) is 104 Å². The van der Waals surface area contributed by atoms with Crippen molar-refractivity contribution >= 4 is 53.7 Å². The Labute approximate surface area is 603 Å². The molecule has 540 valence electrons. The Balaban J connectivity index is 0.807. The average molecular weight is 1450 g/mol. The first-order valence-corrected chi connectivity index (χ1v) is 37.3. The molecule has 0 bridgehead atoms. The van der Waals surface area contributed by atoms with Crippen molar-refractivity contribution in [3.05, 3.63) is 148 Å². The number of unbranched alkanes of at least 4 members (excludes halogenated alkanes) is 15. The zero-order valence-electron chi connectivity index (χ0n) is 58.0. The van der Waals surface area contributed by atoms with E-state index in [9.17, 15) is 15.8 Å². The molecule has 3 aromatic carbocycles. The number of fused-ring (bicyclic) bond motifs is 4. The van der Waals surface area contributed by atoms with Crippen LogP contribution in [-0.2, 0) is 66.4 Å². The maximum absolute atomic E-state index is 16.1. The molecule has 5 aromatic heterocycles. The van der Waals surface area contributed by atoms with E-state index in [1.165, 1.54) is 119 Å². The molecule has 0 aliphatic carbocycles. The summed E-state index contributed by atoms with van der Waals surface area (Å²) in [4.78, 5) is 12.4. The third-order valence-electron chi connectivity index (χ3n) is 19.0. The third kappa shape index (κ3) is 16.5. The number of hydrogen-bond acceptors (Lipinski definition) is 23. The minimum atomic E-state index is -5.06. The van der Waals surface area contributed by atoms with Crippen LogP contribution in [-0.4, -0.2) is 117 Å². The van der Waals surface area contributed by atoms with E-state index in [1.807, 2.05) is 0 Å². The van der Waals surface area contributed by atoms with Gasteiger partial charge in [0, 0.05) is 19.4 Å². The number of phosphoric acid groups is 1. The smallest absolute Gasteiger partial charge is 0.393 e. The number of nitrogens with zero attached hydrogens (tertiary/aromatic N) is 12. The van der Waals surface area contributed by atoms with Crippen molar-refractivity contribution in [2.45, 2.75) is 222 Å². The molecule has 29 heteroatoms. The zero-order chi connectivity index (χ0) is 71.7. The number of nitrogens with two attached hydrogens (primary N) is 2. The molecule has 4 unspecified atom stereocenters. The van der Waals surface area contributed by atoms with Crippen molar-refractivity contribution in [2.75, 3.05) is 31.3 Å². The van der Waals surface area contributed by atoms with Gasteiger partial charge in [-0.25, -0.2) is 33.2 Å². The summed E-state index contributed by atoms with van der Waals surface area (Å²) < 4.78 is 92.7. The van der Waals surface area contributed by atoms with Gasteiger partial charge in [-0.15, -0.1) is 0 Å². The number of aromatic nitrogens is 9. The van der Waals surface area contributed by atoms with E-state index in [0.29, 0.717) is 57.0 Å². The van der Waals surface area contributed by atoms with E-state index >= 15 is 4.57 Å². The normalized spacial score (nSPS) is 23.4. The fourth-order valence-corrected chi connectivity index (χ4v) is 15.9. The molecule has 4 aliphatic heterocycles. The lowest BCUT2D eigenvalue weighted by Gasteiger charge is -2.30. The summed E-state index contributed by atoms with van der Waals surface area (Å²) in [6.07, 6.45) is 18.6. The Bertz CT molecular complexity index is 4190. The molecule has 4 saturated heterocycles. The number of nitrogen functional groups attached to an aromatic ring is 2. The summed E-state index contributed by atoms with van der Waals surface area (Å²) in [6.45, 7) is 9.20. The Kier molecular flexibility index (Phi) is 23.5. The Morgan fingerprint density at radius 1 is 0.608 bits per heavy atom. The van der Waals surface area contributed by atoms with Gasteiger partial charge in [0.1, 0.15) is 97.3 Å². The minimum absolute atomic E-state index is 0.0138. The molecule has 4 fully saturated rings. The Hall–Kier alpha value is -7.84. The second-order valence-electron chi connectivity index (χ2n) is 27.4. The number of nitriles is 3. The summed E-state index contributed by atoms with van der Waals surface area (Å²) in [6, 6.07) is 28.8. The van der Waals surface area contributed by atoms with Gasteiger partial charge in [0.25, 0.3) is 0 Å². The molecule has 26 nitrogen and oxygen atoms in total. The number of anilines is 2. The van der Waals surface area contributed by atoms with Crippen LogP contribution in [0.1, 0.15) is 183 Å². The van der Waals surface area contributed by atoms with Crippen LogP contribution in [0, 0.1) is 34.0 Å². The van der Waals surface area contributed by atoms with Gasteiger partial charge < -0.3 is 58.4 Å². The third-order valence-corrected chi connectivity index (χ3v) is 21.2. The largest absolute Gasteiger partial charge is 0.587 e. The number of halogens is 2. The van der Waals surface area contributed by atoms with Crippen LogP contribution >= 0.6 is 31.0 Å². The van der Waals surface area contributed by atoms with Crippen molar-refractivity contribution in [2.24, 2.45) is 0 Å². The lowest BCUT2D eigenvalue weighted by atomic mass is 9.88. The number of hydrogen-bond donors (Lipinski definition) is 2. The van der Waals surface area contributed by atoms with Gasteiger partial charge in [-0.05, 0) is 99.3 Å². The van der Waals surface area contributed by atoms with Crippen molar-refractivity contribution in [3.63, 3.8) is 0 Å². The lowest BCUT2D eigenvalue weighted by Crippen LogP contribution is -2.44. The number of benzene rings is 3. The minimum Gasteiger partial charge on any atom is -0.393 e. The first kappa shape index (κ1) is 73.9. The highest BCUT2D eigenvalue weighted by Crippen LogP contribution is 2.57. The van der Waals surface area contributed by atoms with E-state index in [4.69, 9.17) is 86.1 Å². The summed E-state index contributed by atoms with van der Waals surface area (Å²) in [7, 11) is -5.06. The van der Waals surface area contributed by atoms with Crippen LogP contribution in [0.25, 0.3) is 16.7 Å². The molecule has 4 N–H and O–H groups in total. The summed E-state index contributed by atoms with van der Waals surface area (Å²) >= 11 is 14.8. The topological polar surface area (TPSA) is 333 Å². The fourth-order valence-electron chi connectivity index (χ4n) is 14.0. The molecule has 0 radical (unpaired) electrons. The van der Waals surface area contributed by atoms with Gasteiger partial charge in [-0.3, -0.25) is 4.52 Å². The molecule has 8 aromatic rings. The number of ether oxygens (including phenoxy) is 8. The maximum Gasteiger partial charge on any atom is 0.587 e. The van der Waals surface area contributed by atoms with Crippen LogP contribution < -0.4 is 20.5 Å². The highest BCUT2D eigenvalue weighted by atomic mass is 35.5. The van der Waals surface area contributed by atoms with Gasteiger partial charge in [0.2, 0.25) is 0 Å². The Morgan fingerprint density at radius 3 is 1.58 bits per heavy atom. The summed E-state index contributed by atoms with van der Waals surface area (Å²) in [5.74, 6) is -2.13. The van der Waals surface area contributed by atoms with Crippen molar-refractivity contribution < 1.29 is 56.0 Å². The quantitative estimate of drug-likeness (QED) is 0.0272. The van der Waals surface area contributed by atoms with Gasteiger partial charge in [0.15, 0.2) is 45.9 Å². The van der Waals surface area contributed by atoms with Gasteiger partial charge in [0.05, 0.1) is 52.5 Å². The molecule has 12 rings (SSSR count). The van der Waals surface area contributed by atoms with Gasteiger partial charge >= 0.3 is 7.82 Å². The van der Waals surface area contributed by atoms with E-state index < -0.39 is 79.9 Å². The van der Waals surface area contributed by atoms with E-state index in [1.54, 1.807) is 103 Å². The van der Waals surface area contributed by atoms with Crippen molar-refractivity contribution in [3.8, 4) is 35.4 Å². The highest BCUT2D eigenvalue weighted by molar-refractivity contribution is 7.49. The van der Waals surface area contributed by atoms with Crippen molar-refractivity contribution in [1.29, 1.82) is 15.8 Å². The van der Waals surface area contributed by atoms with E-state index in [-0.39, 0.29) is 59.2 Å². The van der Waals surface area contributed by atoms with Crippen LogP contribution in [0.3, 0.4) is 0 Å². The standard InChI is InChI=1S/C73H87Cl2N14O12P/c1-6-7-8-9-10-11-12-13-14-15-16-17-18-19-20-21-34-91-40-52(92-39-48-28-29-51(38-76)57(35-48)87-47-81-44-84-87)41-93-102(90,100-58-26-22-24-49(60(58)74)36-72(42-77)66-64(94-70(2,3)98-66)62(96-72)53-30-32-55-68(79)82-45-85-88(53)55)101-59-27-23-25-50(61(59)75)37-73(43-78)67-65(95-71(4,5)99-67)63(97-73)54-31-33-56-69(80)83-46-86-89(54)56/h22-33,35,44-47,52,62-67H,6-21,34,36-37,39-41H2,1-5H3,(H2,79,82,85)(H2,80,83,86)/t52-,62+,63+,64?,65?,66?,67?,72-,73-,102?/m1/s1. The van der Waals surface area contributed by atoms with Crippen LogP contribution in [0.2, 0.25) is 10.0 Å². The molecular weight excluding hydrogens is 1370 g/mol.